The molecule has 0 amide bonds. The fraction of sp³-hybridized carbons (Fsp3) is 0.857. The van der Waals surface area contributed by atoms with E-state index in [1.807, 2.05) is 4.90 Å². The molecule has 1 aliphatic heterocycles. The van der Waals surface area contributed by atoms with Crippen molar-refractivity contribution < 1.29 is 9.13 Å². The molecule has 62 valence electrons. The highest BCUT2D eigenvalue weighted by atomic mass is 19.1. The first-order valence-corrected chi connectivity index (χ1v) is 3.66. The zero-order valence-electron chi connectivity index (χ0n) is 6.29. The summed E-state index contributed by atoms with van der Waals surface area (Å²) in [7, 11) is 0. The number of alkyl halides is 1. The minimum absolute atomic E-state index is 0.250. The molecule has 0 N–H and O–H groups in total. The summed E-state index contributed by atoms with van der Waals surface area (Å²) in [5, 5.41) is 8.59. The van der Waals surface area contributed by atoms with E-state index in [0.717, 1.165) is 0 Å². The van der Waals surface area contributed by atoms with Crippen LogP contribution in [0, 0.1) is 11.3 Å². The standard InChI is InChI=1S/C7H11FN2O/c8-1-2-10-3-4-11-6-7(10)5-9/h7H,1-4,6H2. The predicted molar refractivity (Wildman–Crippen MR) is 37.8 cm³/mol. The van der Waals surface area contributed by atoms with Crippen molar-refractivity contribution in [3.05, 3.63) is 0 Å². The van der Waals surface area contributed by atoms with Gasteiger partial charge in [-0.2, -0.15) is 5.26 Å². The summed E-state index contributed by atoms with van der Waals surface area (Å²) in [5.41, 5.74) is 0. The number of hydrogen-bond acceptors (Lipinski definition) is 3. The van der Waals surface area contributed by atoms with Crippen LogP contribution in [0.4, 0.5) is 4.39 Å². The van der Waals surface area contributed by atoms with Gasteiger partial charge in [0.1, 0.15) is 12.7 Å². The second-order valence-corrected chi connectivity index (χ2v) is 2.44. The molecule has 0 saturated carbocycles. The third kappa shape index (κ3) is 2.14. The minimum atomic E-state index is -0.391. The van der Waals surface area contributed by atoms with Gasteiger partial charge < -0.3 is 4.74 Å². The summed E-state index contributed by atoms with van der Waals surface area (Å²) < 4.78 is 17.0. The van der Waals surface area contributed by atoms with Crippen LogP contribution in [0.25, 0.3) is 0 Å². The number of morpholine rings is 1. The molecular weight excluding hydrogens is 147 g/mol. The van der Waals surface area contributed by atoms with E-state index in [-0.39, 0.29) is 6.04 Å². The lowest BCUT2D eigenvalue weighted by Gasteiger charge is -2.30. The smallest absolute Gasteiger partial charge is 0.122 e. The lowest BCUT2D eigenvalue weighted by atomic mass is 10.2. The normalized spacial score (nSPS) is 26.4. The van der Waals surface area contributed by atoms with Crippen LogP contribution in [0.3, 0.4) is 0 Å². The second-order valence-electron chi connectivity index (χ2n) is 2.44. The lowest BCUT2D eigenvalue weighted by molar-refractivity contribution is 0.0106. The summed E-state index contributed by atoms with van der Waals surface area (Å²) in [5.74, 6) is 0. The minimum Gasteiger partial charge on any atom is -0.377 e. The largest absolute Gasteiger partial charge is 0.377 e. The number of hydrogen-bond donors (Lipinski definition) is 0. The van der Waals surface area contributed by atoms with Crippen LogP contribution < -0.4 is 0 Å². The molecule has 0 spiro atoms. The highest BCUT2D eigenvalue weighted by Gasteiger charge is 2.21. The van der Waals surface area contributed by atoms with Crippen LogP contribution in [0.1, 0.15) is 0 Å². The molecule has 1 saturated heterocycles. The molecular formula is C7H11FN2O. The first kappa shape index (κ1) is 8.44. The SMILES string of the molecule is N#CC1COCCN1CCF. The van der Waals surface area contributed by atoms with Crippen molar-refractivity contribution in [2.45, 2.75) is 6.04 Å². The third-order valence-electron chi connectivity index (χ3n) is 1.76. The van der Waals surface area contributed by atoms with Crippen molar-refractivity contribution in [1.82, 2.24) is 4.90 Å². The average molecular weight is 158 g/mol. The number of rotatable bonds is 2. The van der Waals surface area contributed by atoms with Crippen molar-refractivity contribution in [2.24, 2.45) is 0 Å². The Balaban J connectivity index is 2.39. The van der Waals surface area contributed by atoms with Crippen molar-refractivity contribution in [2.75, 3.05) is 33.0 Å². The first-order valence-electron chi connectivity index (χ1n) is 3.66. The van der Waals surface area contributed by atoms with Crippen molar-refractivity contribution >= 4 is 0 Å². The Labute approximate surface area is 65.4 Å². The topological polar surface area (TPSA) is 36.3 Å². The monoisotopic (exact) mass is 158 g/mol. The second kappa shape index (κ2) is 4.27. The first-order chi connectivity index (χ1) is 5.38. The molecule has 1 atom stereocenters. The molecule has 0 bridgehead atoms. The van der Waals surface area contributed by atoms with E-state index in [4.69, 9.17) is 10.00 Å². The molecule has 4 heteroatoms. The van der Waals surface area contributed by atoms with E-state index in [9.17, 15) is 4.39 Å². The van der Waals surface area contributed by atoms with Gasteiger partial charge in [-0.3, -0.25) is 4.90 Å². The van der Waals surface area contributed by atoms with E-state index >= 15 is 0 Å². The van der Waals surface area contributed by atoms with Crippen LogP contribution in [0.15, 0.2) is 0 Å². The van der Waals surface area contributed by atoms with E-state index in [1.54, 1.807) is 0 Å². The Morgan fingerprint density at radius 3 is 3.18 bits per heavy atom. The molecule has 1 aliphatic rings. The molecule has 3 nitrogen and oxygen atoms in total. The molecule has 0 aromatic rings. The van der Waals surface area contributed by atoms with Crippen molar-refractivity contribution in [3.63, 3.8) is 0 Å². The quantitative estimate of drug-likeness (QED) is 0.575. The van der Waals surface area contributed by atoms with Gasteiger partial charge in [0.05, 0.1) is 19.3 Å². The molecule has 1 unspecified atom stereocenters. The Bertz CT molecular complexity index is 155. The maximum atomic E-state index is 11.9. The zero-order valence-corrected chi connectivity index (χ0v) is 6.29. The molecule has 11 heavy (non-hydrogen) atoms. The molecule has 0 aliphatic carbocycles. The lowest BCUT2D eigenvalue weighted by Crippen LogP contribution is -2.45. The summed E-state index contributed by atoms with van der Waals surface area (Å²) in [6.45, 7) is 1.65. The Kier molecular flexibility index (Phi) is 3.27. The van der Waals surface area contributed by atoms with Gasteiger partial charge >= 0.3 is 0 Å². The molecule has 1 heterocycles. The maximum Gasteiger partial charge on any atom is 0.122 e. The zero-order chi connectivity index (χ0) is 8.10. The fourth-order valence-corrected chi connectivity index (χ4v) is 1.13. The van der Waals surface area contributed by atoms with Crippen LogP contribution in [-0.2, 0) is 4.74 Å². The van der Waals surface area contributed by atoms with E-state index in [1.165, 1.54) is 0 Å². The van der Waals surface area contributed by atoms with Crippen LogP contribution in [-0.4, -0.2) is 43.9 Å². The summed E-state index contributed by atoms with van der Waals surface area (Å²) >= 11 is 0. The van der Waals surface area contributed by atoms with Crippen molar-refractivity contribution in [1.29, 1.82) is 5.26 Å². The molecule has 1 rings (SSSR count). The molecule has 0 radical (unpaired) electrons. The Morgan fingerprint density at radius 1 is 1.73 bits per heavy atom. The number of ether oxygens (including phenoxy) is 1. The summed E-state index contributed by atoms with van der Waals surface area (Å²) in [4.78, 5) is 1.81. The van der Waals surface area contributed by atoms with E-state index in [0.29, 0.717) is 26.3 Å². The number of halogens is 1. The van der Waals surface area contributed by atoms with Gasteiger partial charge in [0.2, 0.25) is 0 Å². The van der Waals surface area contributed by atoms with Gasteiger partial charge in [-0.15, -0.1) is 0 Å². The van der Waals surface area contributed by atoms with Gasteiger partial charge in [-0.1, -0.05) is 0 Å². The summed E-state index contributed by atoms with van der Waals surface area (Å²) in [6.07, 6.45) is 0. The number of nitrogens with zero attached hydrogens (tertiary/aromatic N) is 2. The van der Waals surface area contributed by atoms with Crippen LogP contribution >= 0.6 is 0 Å². The van der Waals surface area contributed by atoms with E-state index in [2.05, 4.69) is 6.07 Å². The molecule has 1 fully saturated rings. The highest BCUT2D eigenvalue weighted by molar-refractivity contribution is 4.93. The van der Waals surface area contributed by atoms with Gasteiger partial charge in [-0.25, -0.2) is 4.39 Å². The predicted octanol–water partition coefficient (Wildman–Crippen LogP) is 0.180. The highest BCUT2D eigenvalue weighted by Crippen LogP contribution is 2.04. The van der Waals surface area contributed by atoms with E-state index < -0.39 is 6.67 Å². The van der Waals surface area contributed by atoms with Gasteiger partial charge in [0, 0.05) is 13.1 Å². The van der Waals surface area contributed by atoms with Gasteiger partial charge in [0.25, 0.3) is 0 Å². The maximum absolute atomic E-state index is 11.9. The third-order valence-corrected chi connectivity index (χ3v) is 1.76. The van der Waals surface area contributed by atoms with Gasteiger partial charge in [0.15, 0.2) is 0 Å². The molecule has 0 aromatic heterocycles. The number of nitriles is 1. The van der Waals surface area contributed by atoms with Crippen molar-refractivity contribution in [3.8, 4) is 6.07 Å². The molecule has 0 aromatic carbocycles. The Hall–Kier alpha value is -0.660. The fourth-order valence-electron chi connectivity index (χ4n) is 1.13. The average Bonchev–Trinajstić information content (AvgIpc) is 2.06. The van der Waals surface area contributed by atoms with Gasteiger partial charge in [-0.05, 0) is 0 Å². The van der Waals surface area contributed by atoms with Crippen LogP contribution in [0.2, 0.25) is 0 Å². The Morgan fingerprint density at radius 2 is 2.55 bits per heavy atom. The summed E-state index contributed by atoms with van der Waals surface area (Å²) in [6, 6.07) is 1.82. The van der Waals surface area contributed by atoms with Crippen LogP contribution in [0.5, 0.6) is 0 Å².